The van der Waals surface area contributed by atoms with Crippen molar-refractivity contribution in [1.82, 2.24) is 4.90 Å². The molecule has 0 heterocycles. The van der Waals surface area contributed by atoms with E-state index in [1.54, 1.807) is 19.2 Å². The van der Waals surface area contributed by atoms with E-state index < -0.39 is 6.10 Å². The molecule has 0 aliphatic carbocycles. The fourth-order valence-electron chi connectivity index (χ4n) is 1.79. The summed E-state index contributed by atoms with van der Waals surface area (Å²) in [5, 5.41) is 9.59. The average Bonchev–Trinajstić information content (AvgIpc) is 2.31. The Labute approximate surface area is 118 Å². The van der Waals surface area contributed by atoms with Crippen LogP contribution in [0.3, 0.4) is 0 Å². The van der Waals surface area contributed by atoms with Crippen molar-refractivity contribution < 1.29 is 14.2 Å². The number of halogens is 1. The molecule has 0 saturated heterocycles. The normalized spacial score (nSPS) is 12.7. The Kier molecular flexibility index (Phi) is 6.30. The first kappa shape index (κ1) is 16.0. The van der Waals surface area contributed by atoms with Gasteiger partial charge in [-0.15, -0.1) is 0 Å². The lowest BCUT2D eigenvalue weighted by Gasteiger charge is -2.20. The van der Waals surface area contributed by atoms with Crippen molar-refractivity contribution in [3.8, 4) is 0 Å². The van der Waals surface area contributed by atoms with E-state index in [1.165, 1.54) is 13.2 Å². The molecule has 0 aliphatic rings. The number of aliphatic hydroxyl groups is 1. The third-order valence-electron chi connectivity index (χ3n) is 2.66. The predicted molar refractivity (Wildman–Crippen MR) is 76.5 cm³/mol. The van der Waals surface area contributed by atoms with E-state index in [1.807, 2.05) is 4.90 Å². The molecule has 1 unspecified atom stereocenters. The van der Waals surface area contributed by atoms with Crippen molar-refractivity contribution in [1.29, 1.82) is 0 Å². The van der Waals surface area contributed by atoms with Crippen LogP contribution >= 0.6 is 12.2 Å². The number of likely N-dealkylation sites (N-methyl/N-ethyl adjacent to an activating group) is 1. The van der Waals surface area contributed by atoms with Crippen molar-refractivity contribution in [3.05, 3.63) is 35.1 Å². The maximum Gasteiger partial charge on any atom is 0.128 e. The van der Waals surface area contributed by atoms with Gasteiger partial charge < -0.3 is 15.6 Å². The van der Waals surface area contributed by atoms with Gasteiger partial charge in [-0.05, 0) is 13.1 Å². The van der Waals surface area contributed by atoms with Crippen LogP contribution in [0.5, 0.6) is 0 Å². The van der Waals surface area contributed by atoms with Crippen molar-refractivity contribution in [2.45, 2.75) is 12.6 Å². The van der Waals surface area contributed by atoms with Crippen molar-refractivity contribution in [3.63, 3.8) is 0 Å². The van der Waals surface area contributed by atoms with Gasteiger partial charge in [-0.3, -0.25) is 4.90 Å². The second kappa shape index (κ2) is 7.49. The molecule has 4 nitrogen and oxygen atoms in total. The van der Waals surface area contributed by atoms with Crippen LogP contribution in [0.25, 0.3) is 0 Å². The summed E-state index contributed by atoms with van der Waals surface area (Å²) in [7, 11) is 3.33. The highest BCUT2D eigenvalue weighted by molar-refractivity contribution is 7.80. The zero-order valence-corrected chi connectivity index (χ0v) is 11.9. The zero-order valence-electron chi connectivity index (χ0n) is 11.1. The largest absolute Gasteiger partial charge is 0.389 e. The smallest absolute Gasteiger partial charge is 0.128 e. The average molecular weight is 286 g/mol. The number of hydrogen-bond acceptors (Lipinski definition) is 4. The van der Waals surface area contributed by atoms with Crippen LogP contribution in [0.2, 0.25) is 0 Å². The number of aliphatic hydroxyl groups excluding tert-OH is 1. The van der Waals surface area contributed by atoms with Gasteiger partial charge in [0.1, 0.15) is 10.8 Å². The van der Waals surface area contributed by atoms with Crippen LogP contribution in [-0.2, 0) is 11.3 Å². The Bertz CT molecular complexity index is 443. The third-order valence-corrected chi connectivity index (χ3v) is 2.90. The molecular formula is C13H19FN2O2S. The molecule has 1 rings (SSSR count). The van der Waals surface area contributed by atoms with Crippen LogP contribution in [0.4, 0.5) is 4.39 Å². The summed E-state index contributed by atoms with van der Waals surface area (Å²) in [6.45, 7) is 1.06. The number of ether oxygens (including phenoxy) is 1. The zero-order chi connectivity index (χ0) is 14.4. The Morgan fingerprint density at radius 1 is 1.58 bits per heavy atom. The first-order chi connectivity index (χ1) is 8.93. The summed E-state index contributed by atoms with van der Waals surface area (Å²) < 4.78 is 18.7. The molecule has 1 atom stereocenters. The molecule has 0 saturated carbocycles. The number of hydrogen-bond donors (Lipinski definition) is 2. The molecule has 0 spiro atoms. The molecule has 1 aromatic carbocycles. The van der Waals surface area contributed by atoms with Crippen LogP contribution in [0, 0.1) is 5.82 Å². The highest BCUT2D eigenvalue weighted by atomic mass is 32.1. The molecular weight excluding hydrogens is 267 g/mol. The van der Waals surface area contributed by atoms with Crippen LogP contribution in [-0.4, -0.2) is 48.4 Å². The first-order valence-corrected chi connectivity index (χ1v) is 6.28. The second-order valence-electron chi connectivity index (χ2n) is 4.48. The number of thiocarbonyl (C=S) groups is 1. The summed E-state index contributed by atoms with van der Waals surface area (Å²) >= 11 is 4.79. The van der Waals surface area contributed by atoms with Crippen molar-refractivity contribution in [2.75, 3.05) is 27.3 Å². The highest BCUT2D eigenvalue weighted by Crippen LogP contribution is 2.12. The number of methoxy groups -OCH3 is 1. The number of nitrogens with zero attached hydrogens (tertiary/aromatic N) is 1. The van der Waals surface area contributed by atoms with Gasteiger partial charge in [-0.2, -0.15) is 0 Å². The molecule has 1 aromatic rings. The molecule has 0 amide bonds. The van der Waals surface area contributed by atoms with E-state index in [2.05, 4.69) is 0 Å². The van der Waals surface area contributed by atoms with E-state index in [0.717, 1.165) is 0 Å². The van der Waals surface area contributed by atoms with Gasteiger partial charge in [0.05, 0.1) is 12.7 Å². The Balaban J connectivity index is 2.64. The molecule has 0 aliphatic heterocycles. The topological polar surface area (TPSA) is 58.7 Å². The van der Waals surface area contributed by atoms with Gasteiger partial charge in [0.15, 0.2) is 0 Å². The fraction of sp³-hybridized carbons (Fsp3) is 0.462. The molecule has 6 heteroatoms. The van der Waals surface area contributed by atoms with Crippen molar-refractivity contribution >= 4 is 17.2 Å². The molecule has 0 aromatic heterocycles. The van der Waals surface area contributed by atoms with E-state index in [9.17, 15) is 9.50 Å². The Hall–Kier alpha value is -1.08. The number of rotatable bonds is 7. The summed E-state index contributed by atoms with van der Waals surface area (Å²) in [5.41, 5.74) is 6.49. The summed E-state index contributed by atoms with van der Waals surface area (Å²) in [6, 6.07) is 4.68. The van der Waals surface area contributed by atoms with Gasteiger partial charge in [-0.25, -0.2) is 4.39 Å². The summed E-state index contributed by atoms with van der Waals surface area (Å²) in [4.78, 5) is 2.00. The van der Waals surface area contributed by atoms with E-state index in [-0.39, 0.29) is 17.4 Å². The lowest BCUT2D eigenvalue weighted by atomic mass is 10.1. The Morgan fingerprint density at radius 2 is 2.26 bits per heavy atom. The maximum absolute atomic E-state index is 13.8. The first-order valence-electron chi connectivity index (χ1n) is 5.87. The van der Waals surface area contributed by atoms with E-state index in [4.69, 9.17) is 22.7 Å². The number of nitrogens with two attached hydrogens (primary N) is 1. The summed E-state index contributed by atoms with van der Waals surface area (Å²) in [6.07, 6.45) is -0.589. The van der Waals surface area contributed by atoms with Gasteiger partial charge in [0.25, 0.3) is 0 Å². The van der Waals surface area contributed by atoms with Crippen molar-refractivity contribution in [2.24, 2.45) is 5.73 Å². The lowest BCUT2D eigenvalue weighted by molar-refractivity contribution is 0.0417. The van der Waals surface area contributed by atoms with Gasteiger partial charge in [0.2, 0.25) is 0 Å². The second-order valence-corrected chi connectivity index (χ2v) is 4.92. The Morgan fingerprint density at radius 3 is 2.79 bits per heavy atom. The SMILES string of the molecule is COCC(O)CN(C)Cc1ccc(C(N)=S)cc1F. The van der Waals surface area contributed by atoms with E-state index >= 15 is 0 Å². The van der Waals surface area contributed by atoms with Gasteiger partial charge in [0, 0.05) is 31.3 Å². The minimum atomic E-state index is -0.589. The van der Waals surface area contributed by atoms with Crippen LogP contribution < -0.4 is 5.73 Å². The number of benzene rings is 1. The van der Waals surface area contributed by atoms with Crippen LogP contribution in [0.1, 0.15) is 11.1 Å². The molecule has 0 bridgehead atoms. The maximum atomic E-state index is 13.8. The molecule has 106 valence electrons. The summed E-state index contributed by atoms with van der Waals surface area (Å²) in [5.74, 6) is -0.349. The highest BCUT2D eigenvalue weighted by Gasteiger charge is 2.11. The quantitative estimate of drug-likeness (QED) is 0.729. The molecule has 0 fully saturated rings. The van der Waals surface area contributed by atoms with Crippen LogP contribution in [0.15, 0.2) is 18.2 Å². The fourth-order valence-corrected chi connectivity index (χ4v) is 1.92. The molecule has 19 heavy (non-hydrogen) atoms. The molecule has 3 N–H and O–H groups in total. The van der Waals surface area contributed by atoms with E-state index in [0.29, 0.717) is 24.2 Å². The van der Waals surface area contributed by atoms with Gasteiger partial charge in [-0.1, -0.05) is 24.4 Å². The minimum Gasteiger partial charge on any atom is -0.389 e. The monoisotopic (exact) mass is 286 g/mol. The van der Waals surface area contributed by atoms with Gasteiger partial charge >= 0.3 is 0 Å². The minimum absolute atomic E-state index is 0.175. The molecule has 0 radical (unpaired) electrons. The predicted octanol–water partition coefficient (Wildman–Crippen LogP) is 0.899. The third kappa shape index (κ3) is 5.20. The standard InChI is InChI=1S/C13H19FN2O2S/c1-16(7-11(17)8-18-2)6-10-4-3-9(13(15)19)5-12(10)14/h3-5,11,17H,6-8H2,1-2H3,(H2,15,19). The lowest BCUT2D eigenvalue weighted by Crippen LogP contribution is -2.31.